The van der Waals surface area contributed by atoms with E-state index in [2.05, 4.69) is 36.0 Å². The van der Waals surface area contributed by atoms with Gasteiger partial charge in [-0.25, -0.2) is 0 Å². The average molecular weight is 201 g/mol. The van der Waals surface area contributed by atoms with Crippen LogP contribution in [0.2, 0.25) is 0 Å². The normalized spacial score (nSPS) is 10.3. The largest absolute Gasteiger partial charge is 0.358 e. The maximum absolute atomic E-state index is 5.26. The Morgan fingerprint density at radius 1 is 1.43 bits per heavy atom. The highest BCUT2D eigenvalue weighted by Gasteiger charge is 2.06. The first-order valence-corrected chi connectivity index (χ1v) is 5.45. The standard InChI is InChI=1S/C12H11NS/c1-3-8-14-12-9(2)13-11-7-5-4-6-10(11)12/h1,4-7,13H,8H2,2H3. The summed E-state index contributed by atoms with van der Waals surface area (Å²) < 4.78 is 0. The van der Waals surface area contributed by atoms with E-state index in [-0.39, 0.29) is 0 Å². The van der Waals surface area contributed by atoms with Crippen molar-refractivity contribution in [3.05, 3.63) is 30.0 Å². The molecule has 0 aliphatic heterocycles. The third-order valence-corrected chi connectivity index (χ3v) is 3.26. The van der Waals surface area contributed by atoms with E-state index >= 15 is 0 Å². The van der Waals surface area contributed by atoms with Crippen molar-refractivity contribution in [1.29, 1.82) is 0 Å². The van der Waals surface area contributed by atoms with Gasteiger partial charge in [0.25, 0.3) is 0 Å². The number of hydrogen-bond donors (Lipinski definition) is 1. The van der Waals surface area contributed by atoms with E-state index in [0.29, 0.717) is 0 Å². The molecule has 2 aromatic rings. The van der Waals surface area contributed by atoms with Crippen LogP contribution in [0.1, 0.15) is 5.69 Å². The van der Waals surface area contributed by atoms with Crippen molar-refractivity contribution >= 4 is 22.7 Å². The Kier molecular flexibility index (Phi) is 2.51. The quantitative estimate of drug-likeness (QED) is 0.582. The zero-order valence-electron chi connectivity index (χ0n) is 8.00. The van der Waals surface area contributed by atoms with Crippen LogP contribution in [0, 0.1) is 19.3 Å². The van der Waals surface area contributed by atoms with Crippen LogP contribution >= 0.6 is 11.8 Å². The van der Waals surface area contributed by atoms with Gasteiger partial charge < -0.3 is 4.98 Å². The number of aryl methyl sites for hydroxylation is 1. The second-order valence-electron chi connectivity index (χ2n) is 3.12. The van der Waals surface area contributed by atoms with Crippen LogP contribution in [0.3, 0.4) is 0 Å². The molecule has 1 heterocycles. The maximum Gasteiger partial charge on any atom is 0.0592 e. The fourth-order valence-corrected chi connectivity index (χ4v) is 2.38. The molecular weight excluding hydrogens is 190 g/mol. The predicted octanol–water partition coefficient (Wildman–Crippen LogP) is 3.20. The van der Waals surface area contributed by atoms with Gasteiger partial charge in [-0.05, 0) is 13.0 Å². The molecule has 1 nitrogen and oxygen atoms in total. The van der Waals surface area contributed by atoms with Gasteiger partial charge in [-0.15, -0.1) is 18.2 Å². The Hall–Kier alpha value is -1.33. The van der Waals surface area contributed by atoms with E-state index in [0.717, 1.165) is 5.75 Å². The molecule has 0 atom stereocenters. The third kappa shape index (κ3) is 1.51. The maximum atomic E-state index is 5.26. The van der Waals surface area contributed by atoms with Gasteiger partial charge in [-0.2, -0.15) is 0 Å². The fraction of sp³-hybridized carbons (Fsp3) is 0.167. The molecule has 0 saturated carbocycles. The summed E-state index contributed by atoms with van der Waals surface area (Å²) in [6.45, 7) is 2.08. The third-order valence-electron chi connectivity index (χ3n) is 2.13. The summed E-state index contributed by atoms with van der Waals surface area (Å²) in [5.41, 5.74) is 2.39. The van der Waals surface area contributed by atoms with E-state index in [1.54, 1.807) is 11.8 Å². The first-order valence-electron chi connectivity index (χ1n) is 4.46. The molecule has 70 valence electrons. The Balaban J connectivity index is 2.52. The van der Waals surface area contributed by atoms with Crippen molar-refractivity contribution in [2.75, 3.05) is 5.75 Å². The zero-order valence-corrected chi connectivity index (χ0v) is 8.82. The van der Waals surface area contributed by atoms with E-state index in [9.17, 15) is 0 Å². The highest BCUT2D eigenvalue weighted by molar-refractivity contribution is 7.99. The monoisotopic (exact) mass is 201 g/mol. The molecule has 0 unspecified atom stereocenters. The van der Waals surface area contributed by atoms with E-state index < -0.39 is 0 Å². The molecule has 1 N–H and O–H groups in total. The van der Waals surface area contributed by atoms with Crippen molar-refractivity contribution in [2.24, 2.45) is 0 Å². The lowest BCUT2D eigenvalue weighted by Crippen LogP contribution is -1.75. The molecule has 1 aromatic carbocycles. The second-order valence-corrected chi connectivity index (χ2v) is 4.10. The number of hydrogen-bond acceptors (Lipinski definition) is 1. The number of H-pyrrole nitrogens is 1. The molecule has 0 aliphatic carbocycles. The van der Waals surface area contributed by atoms with Gasteiger partial charge in [0.05, 0.1) is 5.75 Å². The number of rotatable bonds is 2. The minimum atomic E-state index is 0.725. The summed E-state index contributed by atoms with van der Waals surface area (Å²) in [6, 6.07) is 8.30. The SMILES string of the molecule is C#CCSc1c(C)[nH]c2ccccc12. The molecule has 1 aromatic heterocycles. The molecule has 0 bridgehead atoms. The van der Waals surface area contributed by atoms with Crippen LogP contribution in [0.5, 0.6) is 0 Å². The van der Waals surface area contributed by atoms with Crippen molar-refractivity contribution in [2.45, 2.75) is 11.8 Å². The Morgan fingerprint density at radius 2 is 2.21 bits per heavy atom. The lowest BCUT2D eigenvalue weighted by molar-refractivity contribution is 1.23. The summed E-state index contributed by atoms with van der Waals surface area (Å²) in [6.07, 6.45) is 5.26. The highest BCUT2D eigenvalue weighted by atomic mass is 32.2. The van der Waals surface area contributed by atoms with E-state index in [1.165, 1.54) is 21.5 Å². The Morgan fingerprint density at radius 3 is 3.00 bits per heavy atom. The second kappa shape index (κ2) is 3.81. The van der Waals surface area contributed by atoms with Crippen LogP contribution < -0.4 is 0 Å². The number of benzene rings is 1. The van der Waals surface area contributed by atoms with Gasteiger partial charge in [0, 0.05) is 21.5 Å². The molecule has 0 radical (unpaired) electrons. The number of fused-ring (bicyclic) bond motifs is 1. The van der Waals surface area contributed by atoms with E-state index in [1.807, 2.05) is 6.07 Å². The number of terminal acetylenes is 1. The first kappa shape index (κ1) is 9.23. The lowest BCUT2D eigenvalue weighted by atomic mass is 10.2. The smallest absolute Gasteiger partial charge is 0.0592 e. The molecule has 2 heteroatoms. The van der Waals surface area contributed by atoms with Crippen LogP contribution in [0.15, 0.2) is 29.2 Å². The van der Waals surface area contributed by atoms with Gasteiger partial charge in [-0.3, -0.25) is 0 Å². The minimum Gasteiger partial charge on any atom is -0.358 e. The van der Waals surface area contributed by atoms with E-state index in [4.69, 9.17) is 6.42 Å². The van der Waals surface area contributed by atoms with Gasteiger partial charge in [0.15, 0.2) is 0 Å². The Labute approximate surface area is 87.9 Å². The van der Waals surface area contributed by atoms with Crippen LogP contribution in [0.4, 0.5) is 0 Å². The zero-order chi connectivity index (χ0) is 9.97. The number of nitrogens with one attached hydrogen (secondary N) is 1. The van der Waals surface area contributed by atoms with Gasteiger partial charge >= 0.3 is 0 Å². The summed E-state index contributed by atoms with van der Waals surface area (Å²) in [4.78, 5) is 4.62. The van der Waals surface area contributed by atoms with Crippen LogP contribution in [-0.4, -0.2) is 10.7 Å². The summed E-state index contributed by atoms with van der Waals surface area (Å²) in [7, 11) is 0. The van der Waals surface area contributed by atoms with Crippen LogP contribution in [0.25, 0.3) is 10.9 Å². The predicted molar refractivity (Wildman–Crippen MR) is 62.6 cm³/mol. The van der Waals surface area contributed by atoms with Crippen molar-refractivity contribution in [1.82, 2.24) is 4.98 Å². The van der Waals surface area contributed by atoms with Crippen LogP contribution in [-0.2, 0) is 0 Å². The molecule has 0 saturated heterocycles. The van der Waals surface area contributed by atoms with Gasteiger partial charge in [-0.1, -0.05) is 24.1 Å². The first-order chi connectivity index (χ1) is 6.83. The molecule has 0 spiro atoms. The summed E-state index contributed by atoms with van der Waals surface area (Å²) in [5.74, 6) is 3.37. The average Bonchev–Trinajstić information content (AvgIpc) is 2.51. The van der Waals surface area contributed by atoms with Gasteiger partial charge in [0.2, 0.25) is 0 Å². The van der Waals surface area contributed by atoms with Crippen molar-refractivity contribution in [3.8, 4) is 12.3 Å². The minimum absolute atomic E-state index is 0.725. The number of aromatic amines is 1. The van der Waals surface area contributed by atoms with Gasteiger partial charge in [0.1, 0.15) is 0 Å². The van der Waals surface area contributed by atoms with Crippen molar-refractivity contribution in [3.63, 3.8) is 0 Å². The summed E-state index contributed by atoms with van der Waals surface area (Å²) >= 11 is 1.72. The molecule has 0 aliphatic rings. The molecule has 0 fully saturated rings. The number of aromatic nitrogens is 1. The molecular formula is C12H11NS. The van der Waals surface area contributed by atoms with Crippen molar-refractivity contribution < 1.29 is 0 Å². The topological polar surface area (TPSA) is 15.8 Å². The number of para-hydroxylation sites is 1. The highest BCUT2D eigenvalue weighted by Crippen LogP contribution is 2.30. The molecule has 2 rings (SSSR count). The fourth-order valence-electron chi connectivity index (χ4n) is 1.55. The molecule has 0 amide bonds. The summed E-state index contributed by atoms with van der Waals surface area (Å²) in [5, 5.41) is 1.27. The lowest BCUT2D eigenvalue weighted by Gasteiger charge is -1.96. The number of thioether (sulfide) groups is 1. The molecule has 14 heavy (non-hydrogen) atoms. The Bertz CT molecular complexity index is 490.